The van der Waals surface area contributed by atoms with Crippen LogP contribution in [0.2, 0.25) is 0 Å². The molecule has 0 spiro atoms. The second kappa shape index (κ2) is 7.74. The van der Waals surface area contributed by atoms with Crippen molar-refractivity contribution in [2.45, 2.75) is 31.6 Å². The van der Waals surface area contributed by atoms with Crippen LogP contribution in [0, 0.1) is 19.7 Å². The average molecular weight is 407 g/mol. The van der Waals surface area contributed by atoms with Crippen molar-refractivity contribution in [2.75, 3.05) is 11.1 Å². The minimum atomic E-state index is -3.54. The molecule has 142 valence electrons. The molecule has 0 unspecified atom stereocenters. The van der Waals surface area contributed by atoms with Gasteiger partial charge in [-0.25, -0.2) is 17.8 Å². The maximum atomic E-state index is 12.9. The van der Waals surface area contributed by atoms with Crippen LogP contribution >= 0.6 is 11.3 Å². The summed E-state index contributed by atoms with van der Waals surface area (Å²) in [5, 5.41) is 3.23. The Kier molecular flexibility index (Phi) is 5.57. The molecule has 0 fully saturated rings. The van der Waals surface area contributed by atoms with E-state index in [9.17, 15) is 17.6 Å². The minimum Gasteiger partial charge on any atom is -0.302 e. The largest absolute Gasteiger partial charge is 0.302 e. The SMILES string of the molecule is Cc1cc2nc(NC(=O)CCCS(=O)(=O)c3ccc(F)cc3)sc2cc1C. The second-order valence-electron chi connectivity index (χ2n) is 6.35. The van der Waals surface area contributed by atoms with E-state index < -0.39 is 15.7 Å². The third kappa shape index (κ3) is 4.70. The lowest BCUT2D eigenvalue weighted by atomic mass is 10.1. The Morgan fingerprint density at radius 2 is 1.81 bits per heavy atom. The number of anilines is 1. The molecule has 0 saturated heterocycles. The highest BCUT2D eigenvalue weighted by atomic mass is 32.2. The number of nitrogens with one attached hydrogen (secondary N) is 1. The molecule has 27 heavy (non-hydrogen) atoms. The summed E-state index contributed by atoms with van der Waals surface area (Å²) in [6.45, 7) is 4.03. The monoisotopic (exact) mass is 406 g/mol. The Hall–Kier alpha value is -2.32. The molecule has 1 amide bonds. The molecule has 2 aromatic carbocycles. The van der Waals surface area contributed by atoms with Gasteiger partial charge in [0.2, 0.25) is 5.91 Å². The number of hydrogen-bond donors (Lipinski definition) is 1. The van der Waals surface area contributed by atoms with Gasteiger partial charge in [-0.1, -0.05) is 11.3 Å². The number of amides is 1. The molecule has 1 N–H and O–H groups in total. The highest BCUT2D eigenvalue weighted by Gasteiger charge is 2.16. The van der Waals surface area contributed by atoms with Crippen molar-refractivity contribution < 1.29 is 17.6 Å². The van der Waals surface area contributed by atoms with Crippen molar-refractivity contribution in [1.82, 2.24) is 4.98 Å². The Morgan fingerprint density at radius 1 is 1.15 bits per heavy atom. The first-order valence-corrected chi connectivity index (χ1v) is 10.9. The first-order valence-electron chi connectivity index (χ1n) is 8.40. The molecular formula is C19H19FN2O3S2. The van der Waals surface area contributed by atoms with E-state index >= 15 is 0 Å². The van der Waals surface area contributed by atoms with Crippen molar-refractivity contribution >= 4 is 42.4 Å². The summed E-state index contributed by atoms with van der Waals surface area (Å²) in [6, 6.07) is 8.69. The Balaban J connectivity index is 1.57. The summed E-state index contributed by atoms with van der Waals surface area (Å²) in [4.78, 5) is 16.6. The molecular weight excluding hydrogens is 387 g/mol. The van der Waals surface area contributed by atoms with Crippen LogP contribution < -0.4 is 5.32 Å². The number of carbonyl (C=O) groups excluding carboxylic acids is 1. The van der Waals surface area contributed by atoms with Gasteiger partial charge in [0, 0.05) is 6.42 Å². The third-order valence-electron chi connectivity index (χ3n) is 4.24. The zero-order chi connectivity index (χ0) is 19.6. The van der Waals surface area contributed by atoms with Crippen molar-refractivity contribution in [3.05, 3.63) is 53.3 Å². The number of aryl methyl sites for hydroxylation is 2. The molecule has 0 aliphatic heterocycles. The van der Waals surface area contributed by atoms with Gasteiger partial charge in [-0.05, 0) is 67.8 Å². The van der Waals surface area contributed by atoms with Crippen LogP contribution in [-0.2, 0) is 14.6 Å². The number of benzene rings is 2. The van der Waals surface area contributed by atoms with E-state index in [1.165, 1.54) is 23.5 Å². The normalized spacial score (nSPS) is 11.7. The van der Waals surface area contributed by atoms with Crippen LogP contribution in [0.25, 0.3) is 10.2 Å². The molecule has 1 heterocycles. The Morgan fingerprint density at radius 3 is 2.52 bits per heavy atom. The van der Waals surface area contributed by atoms with E-state index in [0.717, 1.165) is 33.5 Å². The Bertz CT molecular complexity index is 1050. The first-order chi connectivity index (χ1) is 12.7. The molecule has 5 nitrogen and oxygen atoms in total. The minimum absolute atomic E-state index is 0.0567. The molecule has 1 aromatic heterocycles. The van der Waals surface area contributed by atoms with Crippen LogP contribution in [-0.4, -0.2) is 25.1 Å². The summed E-state index contributed by atoms with van der Waals surface area (Å²) < 4.78 is 38.3. The van der Waals surface area contributed by atoms with Crippen LogP contribution in [0.15, 0.2) is 41.3 Å². The van der Waals surface area contributed by atoms with E-state index in [0.29, 0.717) is 5.13 Å². The quantitative estimate of drug-likeness (QED) is 0.621. The molecule has 0 atom stereocenters. The van der Waals surface area contributed by atoms with Gasteiger partial charge in [-0.3, -0.25) is 4.79 Å². The highest BCUT2D eigenvalue weighted by molar-refractivity contribution is 7.91. The van der Waals surface area contributed by atoms with Crippen LogP contribution in [0.5, 0.6) is 0 Å². The number of sulfone groups is 1. The lowest BCUT2D eigenvalue weighted by Gasteiger charge is -2.04. The van der Waals surface area contributed by atoms with E-state index in [1.54, 1.807) is 0 Å². The standard InChI is InChI=1S/C19H19FN2O3S2/c1-12-10-16-17(11-13(12)2)26-19(21-16)22-18(23)4-3-9-27(24,25)15-7-5-14(20)6-8-15/h5-8,10-11H,3-4,9H2,1-2H3,(H,21,22,23). The van der Waals surface area contributed by atoms with Crippen LogP contribution in [0.4, 0.5) is 9.52 Å². The summed E-state index contributed by atoms with van der Waals surface area (Å²) >= 11 is 1.39. The molecule has 0 aliphatic rings. The fraction of sp³-hybridized carbons (Fsp3) is 0.263. The van der Waals surface area contributed by atoms with Gasteiger partial charge < -0.3 is 5.32 Å². The average Bonchev–Trinajstić information content (AvgIpc) is 2.96. The van der Waals surface area contributed by atoms with E-state index in [1.807, 2.05) is 26.0 Å². The fourth-order valence-electron chi connectivity index (χ4n) is 2.60. The molecule has 3 aromatic rings. The van der Waals surface area contributed by atoms with Gasteiger partial charge in [0.15, 0.2) is 15.0 Å². The molecule has 0 aliphatic carbocycles. The summed E-state index contributed by atoms with van der Waals surface area (Å²) in [5.74, 6) is -0.948. The maximum Gasteiger partial charge on any atom is 0.226 e. The lowest BCUT2D eigenvalue weighted by molar-refractivity contribution is -0.116. The van der Waals surface area contributed by atoms with Crippen molar-refractivity contribution in [3.8, 4) is 0 Å². The Labute approximate surface area is 161 Å². The number of fused-ring (bicyclic) bond motifs is 1. The second-order valence-corrected chi connectivity index (χ2v) is 9.49. The zero-order valence-electron chi connectivity index (χ0n) is 15.0. The van der Waals surface area contributed by atoms with Crippen LogP contribution in [0.3, 0.4) is 0 Å². The first kappa shape index (κ1) is 19.4. The smallest absolute Gasteiger partial charge is 0.226 e. The van der Waals surface area contributed by atoms with Crippen molar-refractivity contribution in [3.63, 3.8) is 0 Å². The van der Waals surface area contributed by atoms with Gasteiger partial charge in [-0.15, -0.1) is 0 Å². The van der Waals surface area contributed by atoms with Gasteiger partial charge in [0.1, 0.15) is 5.82 Å². The number of rotatable bonds is 6. The predicted molar refractivity (Wildman–Crippen MR) is 105 cm³/mol. The van der Waals surface area contributed by atoms with E-state index in [-0.39, 0.29) is 29.4 Å². The van der Waals surface area contributed by atoms with E-state index in [4.69, 9.17) is 0 Å². The van der Waals surface area contributed by atoms with Gasteiger partial charge >= 0.3 is 0 Å². The predicted octanol–water partition coefficient (Wildman–Crippen LogP) is 4.24. The number of halogens is 1. The topological polar surface area (TPSA) is 76.1 Å². The molecule has 3 rings (SSSR count). The van der Waals surface area contributed by atoms with Crippen molar-refractivity contribution in [2.24, 2.45) is 0 Å². The van der Waals surface area contributed by atoms with Gasteiger partial charge in [-0.2, -0.15) is 0 Å². The zero-order valence-corrected chi connectivity index (χ0v) is 16.6. The van der Waals surface area contributed by atoms with Gasteiger partial charge in [0.25, 0.3) is 0 Å². The number of aromatic nitrogens is 1. The molecule has 0 radical (unpaired) electrons. The number of carbonyl (C=O) groups is 1. The molecule has 8 heteroatoms. The number of thiazole rings is 1. The molecule has 0 saturated carbocycles. The highest BCUT2D eigenvalue weighted by Crippen LogP contribution is 2.28. The summed E-state index contributed by atoms with van der Waals surface area (Å²) in [7, 11) is -3.54. The van der Waals surface area contributed by atoms with Gasteiger partial charge in [0.05, 0.1) is 20.9 Å². The number of nitrogens with zero attached hydrogens (tertiary/aromatic N) is 1. The number of hydrogen-bond acceptors (Lipinski definition) is 5. The summed E-state index contributed by atoms with van der Waals surface area (Å²) in [5.41, 5.74) is 3.13. The summed E-state index contributed by atoms with van der Waals surface area (Å²) in [6.07, 6.45) is 0.239. The molecule has 0 bridgehead atoms. The lowest BCUT2D eigenvalue weighted by Crippen LogP contribution is -2.14. The van der Waals surface area contributed by atoms with Crippen molar-refractivity contribution in [1.29, 1.82) is 0 Å². The van der Waals surface area contributed by atoms with E-state index in [2.05, 4.69) is 10.3 Å². The van der Waals surface area contributed by atoms with Crippen LogP contribution in [0.1, 0.15) is 24.0 Å². The fourth-order valence-corrected chi connectivity index (χ4v) is 4.87. The maximum absolute atomic E-state index is 12.9. The third-order valence-corrected chi connectivity index (χ3v) is 6.99.